The van der Waals surface area contributed by atoms with E-state index in [4.69, 9.17) is 14.6 Å². The van der Waals surface area contributed by atoms with Crippen molar-refractivity contribution in [3.05, 3.63) is 12.2 Å². The van der Waals surface area contributed by atoms with Crippen LogP contribution in [0.1, 0.15) is 106 Å². The molecule has 5 aliphatic carbocycles. The number of aliphatic hydroxyl groups excluding tert-OH is 1. The molecule has 0 amide bonds. The maximum absolute atomic E-state index is 12.6. The van der Waals surface area contributed by atoms with Gasteiger partial charge in [-0.1, -0.05) is 46.8 Å². The summed E-state index contributed by atoms with van der Waals surface area (Å²) < 4.78 is 11.0. The lowest BCUT2D eigenvalue weighted by molar-refractivity contribution is -0.252. The summed E-state index contributed by atoms with van der Waals surface area (Å²) in [6, 6.07) is 0. The van der Waals surface area contributed by atoms with Gasteiger partial charge in [0.15, 0.2) is 0 Å². The third kappa shape index (κ3) is 4.24. The number of hydrogen-bond acceptors (Lipinski definition) is 5. The fourth-order valence-electron chi connectivity index (χ4n) is 12.2. The van der Waals surface area contributed by atoms with E-state index in [0.717, 1.165) is 32.1 Å². The van der Waals surface area contributed by atoms with Crippen molar-refractivity contribution in [2.45, 2.75) is 112 Å². The van der Waals surface area contributed by atoms with Crippen LogP contribution in [0.25, 0.3) is 0 Å². The van der Waals surface area contributed by atoms with Crippen LogP contribution >= 0.6 is 0 Å². The second-order valence-electron chi connectivity index (χ2n) is 15.9. The Morgan fingerprint density at radius 3 is 2.23 bits per heavy atom. The summed E-state index contributed by atoms with van der Waals surface area (Å²) in [5.41, 5.74) is 1.91. The van der Waals surface area contributed by atoms with Crippen molar-refractivity contribution < 1.29 is 29.3 Å². The Morgan fingerprint density at radius 2 is 1.57 bits per heavy atom. The molecular weight excluding hydrogens is 504 g/mol. The molecule has 0 aromatic rings. The van der Waals surface area contributed by atoms with E-state index in [1.807, 2.05) is 0 Å². The second kappa shape index (κ2) is 10.1. The number of allylic oxidation sites excluding steroid dienone is 1. The number of carbonyl (C=O) groups excluding carboxylic acids is 1. The van der Waals surface area contributed by atoms with Crippen LogP contribution in [-0.4, -0.2) is 48.1 Å². The van der Waals surface area contributed by atoms with Gasteiger partial charge in [-0.25, -0.2) is 9.59 Å². The fraction of sp³-hybridized carbons (Fsp3) is 0.882. The minimum absolute atomic E-state index is 0.0796. The van der Waals surface area contributed by atoms with Crippen molar-refractivity contribution in [1.82, 2.24) is 0 Å². The highest BCUT2D eigenvalue weighted by Gasteiger charge is 2.71. The van der Waals surface area contributed by atoms with Crippen LogP contribution in [0.2, 0.25) is 0 Å². The van der Waals surface area contributed by atoms with Gasteiger partial charge < -0.3 is 19.7 Å². The van der Waals surface area contributed by atoms with Crippen molar-refractivity contribution in [2.75, 3.05) is 19.8 Å². The molecule has 40 heavy (non-hydrogen) atoms. The number of esters is 1. The molecule has 0 spiro atoms. The Hall–Kier alpha value is -1.40. The molecule has 0 bridgehead atoms. The van der Waals surface area contributed by atoms with E-state index in [-0.39, 0.29) is 39.8 Å². The van der Waals surface area contributed by atoms with Crippen LogP contribution < -0.4 is 0 Å². The first-order valence-electron chi connectivity index (χ1n) is 15.9. The van der Waals surface area contributed by atoms with E-state index in [1.54, 1.807) is 0 Å². The third-order valence-corrected chi connectivity index (χ3v) is 14.2. The molecule has 6 nitrogen and oxygen atoms in total. The normalized spacial score (nSPS) is 47.3. The standard InChI is InChI=1S/C34H54O6/c1-21(2)22-10-15-34(20-35)17-16-32(6)23(29(22)34)8-9-25-31(5)13-12-26(40-28(38)19-39-18-27(36)37)30(3,4)24(31)11-14-33(25,32)7/h22-26,29,35H,1,8-20H2,2-7H3,(H,36,37)/t22-,23+,24-,25+,26-,29+,31-,32+,33+,34+/m0/s1. The van der Waals surface area contributed by atoms with Crippen LogP contribution in [0.3, 0.4) is 0 Å². The van der Waals surface area contributed by atoms with Crippen LogP contribution in [0.4, 0.5) is 0 Å². The predicted molar refractivity (Wildman–Crippen MR) is 154 cm³/mol. The molecule has 0 aromatic carbocycles. The van der Waals surface area contributed by atoms with E-state index in [1.165, 1.54) is 37.7 Å². The van der Waals surface area contributed by atoms with E-state index in [2.05, 4.69) is 48.1 Å². The molecule has 5 fully saturated rings. The molecule has 0 heterocycles. The van der Waals surface area contributed by atoms with Crippen molar-refractivity contribution in [1.29, 1.82) is 0 Å². The molecule has 5 aliphatic rings. The summed E-state index contributed by atoms with van der Waals surface area (Å²) in [6.45, 7) is 18.5. The highest BCUT2D eigenvalue weighted by atomic mass is 16.6. The van der Waals surface area contributed by atoms with Gasteiger partial charge in [0.25, 0.3) is 0 Å². The Labute approximate surface area is 241 Å². The average molecular weight is 559 g/mol. The van der Waals surface area contributed by atoms with E-state index in [9.17, 15) is 14.7 Å². The first kappa shape index (κ1) is 30.1. The monoisotopic (exact) mass is 558 g/mol. The molecule has 2 N–H and O–H groups in total. The highest BCUT2D eigenvalue weighted by Crippen LogP contribution is 2.77. The summed E-state index contributed by atoms with van der Waals surface area (Å²) in [5.74, 6) is 1.25. The second-order valence-corrected chi connectivity index (χ2v) is 15.9. The minimum atomic E-state index is -1.08. The Bertz CT molecular complexity index is 1040. The van der Waals surface area contributed by atoms with Gasteiger partial charge in [0.05, 0.1) is 0 Å². The van der Waals surface area contributed by atoms with Gasteiger partial charge >= 0.3 is 11.9 Å². The molecule has 0 unspecified atom stereocenters. The number of fused-ring (bicyclic) bond motifs is 7. The highest BCUT2D eigenvalue weighted by molar-refractivity contribution is 5.72. The Balaban J connectivity index is 1.39. The van der Waals surface area contributed by atoms with Crippen molar-refractivity contribution in [2.24, 2.45) is 56.7 Å². The van der Waals surface area contributed by atoms with Gasteiger partial charge in [-0.2, -0.15) is 0 Å². The maximum Gasteiger partial charge on any atom is 0.332 e. The van der Waals surface area contributed by atoms with Crippen LogP contribution in [0.5, 0.6) is 0 Å². The zero-order valence-electron chi connectivity index (χ0n) is 25.9. The number of carboxylic acid groups (broad SMARTS) is 1. The molecule has 6 heteroatoms. The third-order valence-electron chi connectivity index (χ3n) is 14.2. The van der Waals surface area contributed by atoms with Crippen LogP contribution in [0, 0.1) is 56.7 Å². The number of aliphatic hydroxyl groups is 1. The number of rotatable bonds is 7. The quantitative estimate of drug-likeness (QED) is 0.268. The van der Waals surface area contributed by atoms with Crippen molar-refractivity contribution in [3.63, 3.8) is 0 Å². The van der Waals surface area contributed by atoms with Gasteiger partial charge in [0, 0.05) is 12.0 Å². The number of hydrogen-bond donors (Lipinski definition) is 2. The van der Waals surface area contributed by atoms with Gasteiger partial charge in [-0.15, -0.1) is 0 Å². The molecule has 0 radical (unpaired) electrons. The predicted octanol–water partition coefficient (Wildman–Crippen LogP) is 6.65. The van der Waals surface area contributed by atoms with Gasteiger partial charge in [0.2, 0.25) is 0 Å². The molecule has 5 saturated carbocycles. The molecule has 0 aromatic heterocycles. The molecule has 0 aliphatic heterocycles. The van der Waals surface area contributed by atoms with Gasteiger partial charge in [-0.3, -0.25) is 0 Å². The van der Waals surface area contributed by atoms with E-state index < -0.39 is 18.5 Å². The SMILES string of the molecule is C=C(C)[C@@H]1CC[C@]2(CO)CC[C@]3(C)[C@H](CC[C@@H]4[C@@]5(C)CC[C@H](OC(=O)COCC(=O)O)C(C)(C)[C@@H]5CC[C@]43C)[C@@H]12. The number of ether oxygens (including phenoxy) is 2. The first-order valence-corrected chi connectivity index (χ1v) is 15.9. The van der Waals surface area contributed by atoms with Crippen molar-refractivity contribution >= 4 is 11.9 Å². The lowest BCUT2D eigenvalue weighted by Gasteiger charge is -2.73. The van der Waals surface area contributed by atoms with Crippen LogP contribution in [0.15, 0.2) is 12.2 Å². The lowest BCUT2D eigenvalue weighted by Crippen LogP contribution is -2.67. The Kier molecular flexibility index (Phi) is 7.60. The zero-order valence-corrected chi connectivity index (χ0v) is 25.9. The summed E-state index contributed by atoms with van der Waals surface area (Å²) in [4.78, 5) is 23.3. The van der Waals surface area contributed by atoms with E-state index >= 15 is 0 Å². The smallest absolute Gasteiger partial charge is 0.332 e. The van der Waals surface area contributed by atoms with E-state index in [0.29, 0.717) is 36.2 Å². The number of carboxylic acids is 1. The number of carbonyl (C=O) groups is 2. The zero-order chi connectivity index (χ0) is 29.3. The summed E-state index contributed by atoms with van der Waals surface area (Å²) >= 11 is 0. The molecule has 10 atom stereocenters. The minimum Gasteiger partial charge on any atom is -0.480 e. The maximum atomic E-state index is 12.6. The molecule has 5 rings (SSSR count). The first-order chi connectivity index (χ1) is 18.7. The molecule has 0 saturated heterocycles. The topological polar surface area (TPSA) is 93.1 Å². The number of aliphatic carboxylic acids is 1. The van der Waals surface area contributed by atoms with Gasteiger partial charge in [-0.05, 0) is 122 Å². The Morgan fingerprint density at radius 1 is 0.850 bits per heavy atom. The average Bonchev–Trinajstić information content (AvgIpc) is 3.26. The lowest BCUT2D eigenvalue weighted by atomic mass is 9.32. The summed E-state index contributed by atoms with van der Waals surface area (Å²) in [6.07, 6.45) is 11.2. The largest absolute Gasteiger partial charge is 0.480 e. The fourth-order valence-corrected chi connectivity index (χ4v) is 12.2. The molecule has 226 valence electrons. The van der Waals surface area contributed by atoms with Crippen molar-refractivity contribution in [3.8, 4) is 0 Å². The molecular formula is C34H54O6. The van der Waals surface area contributed by atoms with Gasteiger partial charge in [0.1, 0.15) is 19.3 Å². The van der Waals surface area contributed by atoms with Crippen LogP contribution in [-0.2, 0) is 19.1 Å². The summed E-state index contributed by atoms with van der Waals surface area (Å²) in [7, 11) is 0. The summed E-state index contributed by atoms with van der Waals surface area (Å²) in [5, 5.41) is 19.5.